The highest BCUT2D eigenvalue weighted by atomic mass is 16.6. The van der Waals surface area contributed by atoms with Crippen LogP contribution < -0.4 is 4.74 Å². The van der Waals surface area contributed by atoms with E-state index in [1.165, 1.54) is 6.20 Å². The van der Waals surface area contributed by atoms with Gasteiger partial charge in [0, 0.05) is 30.8 Å². The van der Waals surface area contributed by atoms with Gasteiger partial charge in [-0.3, -0.25) is 14.9 Å². The first kappa shape index (κ1) is 15.7. The van der Waals surface area contributed by atoms with Gasteiger partial charge in [-0.05, 0) is 17.7 Å². The lowest BCUT2D eigenvalue weighted by Gasteiger charge is -2.13. The molecule has 0 saturated heterocycles. The lowest BCUT2D eigenvalue weighted by molar-refractivity contribution is -0.483. The number of imidazole rings is 1. The Labute approximate surface area is 127 Å². The molecule has 0 N–H and O–H groups in total. The lowest BCUT2D eigenvalue weighted by atomic mass is 9.93. The molecule has 22 heavy (non-hydrogen) atoms. The van der Waals surface area contributed by atoms with Gasteiger partial charge in [0.1, 0.15) is 5.75 Å². The second-order valence-corrected chi connectivity index (χ2v) is 4.97. The number of hydrogen-bond donors (Lipinski definition) is 0. The Kier molecular flexibility index (Phi) is 4.88. The topological polar surface area (TPSA) is 87.3 Å². The zero-order chi connectivity index (χ0) is 16.1. The summed E-state index contributed by atoms with van der Waals surface area (Å²) in [6.45, 7) is -0.303. The maximum atomic E-state index is 12.3. The van der Waals surface area contributed by atoms with Gasteiger partial charge in [-0.1, -0.05) is 12.1 Å². The van der Waals surface area contributed by atoms with Gasteiger partial charge in [-0.15, -0.1) is 0 Å². The van der Waals surface area contributed by atoms with Crippen LogP contribution in [0.2, 0.25) is 0 Å². The summed E-state index contributed by atoms with van der Waals surface area (Å²) in [5, 5.41) is 10.9. The number of aryl methyl sites for hydroxylation is 1. The number of rotatable bonds is 7. The smallest absolute Gasteiger partial charge is 0.211 e. The van der Waals surface area contributed by atoms with Crippen molar-refractivity contribution in [3.05, 3.63) is 58.2 Å². The van der Waals surface area contributed by atoms with Crippen molar-refractivity contribution in [1.29, 1.82) is 0 Å². The SMILES string of the molecule is COc1ccc(C(CC(=O)c2nccn2C)C[N+](=O)[O-])cc1. The Morgan fingerprint density at radius 1 is 1.41 bits per heavy atom. The molecule has 7 heteroatoms. The third kappa shape index (κ3) is 3.69. The lowest BCUT2D eigenvalue weighted by Crippen LogP contribution is -2.18. The van der Waals surface area contributed by atoms with Crippen LogP contribution in [0.1, 0.15) is 28.5 Å². The summed E-state index contributed by atoms with van der Waals surface area (Å²) in [5.41, 5.74) is 0.736. The third-order valence-electron chi connectivity index (χ3n) is 3.46. The van der Waals surface area contributed by atoms with Crippen LogP contribution in [0.5, 0.6) is 5.75 Å². The highest BCUT2D eigenvalue weighted by molar-refractivity contribution is 5.93. The van der Waals surface area contributed by atoms with E-state index in [0.29, 0.717) is 11.6 Å². The van der Waals surface area contributed by atoms with Crippen molar-refractivity contribution in [3.63, 3.8) is 0 Å². The molecule has 0 bridgehead atoms. The fourth-order valence-corrected chi connectivity index (χ4v) is 2.29. The number of methoxy groups -OCH3 is 1. The van der Waals surface area contributed by atoms with E-state index in [0.717, 1.165) is 5.56 Å². The van der Waals surface area contributed by atoms with Crippen LogP contribution in [-0.4, -0.2) is 33.9 Å². The molecule has 0 saturated carbocycles. The molecule has 1 aromatic carbocycles. The van der Waals surface area contributed by atoms with Crippen molar-refractivity contribution in [3.8, 4) is 5.75 Å². The van der Waals surface area contributed by atoms with Gasteiger partial charge in [0.2, 0.25) is 6.54 Å². The summed E-state index contributed by atoms with van der Waals surface area (Å²) >= 11 is 0. The molecule has 1 unspecified atom stereocenters. The van der Waals surface area contributed by atoms with Crippen molar-refractivity contribution >= 4 is 5.78 Å². The van der Waals surface area contributed by atoms with Crippen LogP contribution in [0, 0.1) is 10.1 Å². The van der Waals surface area contributed by atoms with Gasteiger partial charge in [0.25, 0.3) is 0 Å². The number of ketones is 1. The first-order valence-corrected chi connectivity index (χ1v) is 6.77. The van der Waals surface area contributed by atoms with E-state index in [1.54, 1.807) is 49.2 Å². The molecule has 0 aliphatic heterocycles. The minimum absolute atomic E-state index is 0.0398. The molecule has 1 atom stereocenters. The number of carbonyl (C=O) groups is 1. The zero-order valence-corrected chi connectivity index (χ0v) is 12.4. The number of hydrogen-bond acceptors (Lipinski definition) is 5. The summed E-state index contributed by atoms with van der Waals surface area (Å²) in [5.74, 6) is 0.265. The van der Waals surface area contributed by atoms with Crippen molar-refractivity contribution in [2.45, 2.75) is 12.3 Å². The van der Waals surface area contributed by atoms with Gasteiger partial charge in [0.05, 0.1) is 13.0 Å². The average molecular weight is 303 g/mol. The standard InChI is InChI=1S/C15H17N3O4/c1-17-8-7-16-15(17)14(19)9-12(10-18(20)21)11-3-5-13(22-2)6-4-11/h3-8,12H,9-10H2,1-2H3. The van der Waals surface area contributed by atoms with E-state index in [9.17, 15) is 14.9 Å². The number of nitrogens with zero attached hydrogens (tertiary/aromatic N) is 3. The minimum Gasteiger partial charge on any atom is -0.497 e. The normalized spacial score (nSPS) is 11.9. The van der Waals surface area contributed by atoms with Crippen LogP contribution >= 0.6 is 0 Å². The molecule has 0 aliphatic rings. The molecule has 116 valence electrons. The molecule has 1 aromatic heterocycles. The second kappa shape index (κ2) is 6.84. The number of ether oxygens (including phenoxy) is 1. The van der Waals surface area contributed by atoms with Crippen molar-refractivity contribution < 1.29 is 14.5 Å². The Morgan fingerprint density at radius 3 is 2.59 bits per heavy atom. The fraction of sp³-hybridized carbons (Fsp3) is 0.333. The maximum Gasteiger partial charge on any atom is 0.211 e. The van der Waals surface area contributed by atoms with E-state index in [-0.39, 0.29) is 18.7 Å². The molecular formula is C15H17N3O4. The van der Waals surface area contributed by atoms with E-state index in [4.69, 9.17) is 4.74 Å². The molecule has 0 fully saturated rings. The van der Waals surface area contributed by atoms with Gasteiger partial charge < -0.3 is 9.30 Å². The number of Topliss-reactive ketones (excluding diaryl/α,β-unsaturated/α-hetero) is 1. The number of aromatic nitrogens is 2. The van der Waals surface area contributed by atoms with E-state index in [2.05, 4.69) is 4.98 Å². The predicted molar refractivity (Wildman–Crippen MR) is 79.8 cm³/mol. The van der Waals surface area contributed by atoms with Gasteiger partial charge in [-0.2, -0.15) is 0 Å². The third-order valence-corrected chi connectivity index (χ3v) is 3.46. The molecule has 1 heterocycles. The number of nitro groups is 1. The first-order chi connectivity index (χ1) is 10.5. The summed E-state index contributed by atoms with van der Waals surface area (Å²) in [7, 11) is 3.27. The predicted octanol–water partition coefficient (Wildman–Crippen LogP) is 2.06. The van der Waals surface area contributed by atoms with Crippen LogP contribution in [0.25, 0.3) is 0 Å². The Bertz CT molecular complexity index is 664. The molecule has 0 amide bonds. The summed E-state index contributed by atoms with van der Waals surface area (Å²) in [6, 6.07) is 6.96. The van der Waals surface area contributed by atoms with E-state index in [1.807, 2.05) is 0 Å². The maximum absolute atomic E-state index is 12.3. The van der Waals surface area contributed by atoms with Crippen molar-refractivity contribution in [2.75, 3.05) is 13.7 Å². The van der Waals surface area contributed by atoms with Crippen LogP contribution in [0.3, 0.4) is 0 Å². The monoisotopic (exact) mass is 303 g/mol. The van der Waals surface area contributed by atoms with Crippen LogP contribution in [-0.2, 0) is 7.05 Å². The quantitative estimate of drug-likeness (QED) is 0.444. The van der Waals surface area contributed by atoms with Crippen LogP contribution in [0.4, 0.5) is 0 Å². The molecule has 2 aromatic rings. The Hall–Kier alpha value is -2.70. The van der Waals surface area contributed by atoms with Crippen molar-refractivity contribution in [2.24, 2.45) is 7.05 Å². The van der Waals surface area contributed by atoms with Gasteiger partial charge >= 0.3 is 0 Å². The first-order valence-electron chi connectivity index (χ1n) is 6.77. The molecule has 0 spiro atoms. The highest BCUT2D eigenvalue weighted by Gasteiger charge is 2.24. The largest absolute Gasteiger partial charge is 0.497 e. The Balaban J connectivity index is 2.20. The fourth-order valence-electron chi connectivity index (χ4n) is 2.29. The molecule has 0 radical (unpaired) electrons. The minimum atomic E-state index is -0.495. The molecule has 0 aliphatic carbocycles. The van der Waals surface area contributed by atoms with Gasteiger partial charge in [0.15, 0.2) is 11.6 Å². The second-order valence-electron chi connectivity index (χ2n) is 4.97. The highest BCUT2D eigenvalue weighted by Crippen LogP contribution is 2.24. The van der Waals surface area contributed by atoms with Crippen molar-refractivity contribution in [1.82, 2.24) is 9.55 Å². The zero-order valence-electron chi connectivity index (χ0n) is 12.4. The number of carbonyl (C=O) groups excluding carboxylic acids is 1. The molecule has 2 rings (SSSR count). The summed E-state index contributed by atoms with van der Waals surface area (Å²) in [4.78, 5) is 26.8. The molecule has 7 nitrogen and oxygen atoms in total. The van der Waals surface area contributed by atoms with E-state index >= 15 is 0 Å². The van der Waals surface area contributed by atoms with Gasteiger partial charge in [-0.25, -0.2) is 4.98 Å². The molecular weight excluding hydrogens is 286 g/mol. The number of benzene rings is 1. The Morgan fingerprint density at radius 2 is 2.09 bits per heavy atom. The summed E-state index contributed by atoms with van der Waals surface area (Å²) in [6.07, 6.45) is 3.24. The van der Waals surface area contributed by atoms with Crippen LogP contribution in [0.15, 0.2) is 36.7 Å². The average Bonchev–Trinajstić information content (AvgIpc) is 2.92. The van der Waals surface area contributed by atoms with E-state index < -0.39 is 10.8 Å². The summed E-state index contributed by atoms with van der Waals surface area (Å²) < 4.78 is 6.68.